The average Bonchev–Trinajstić information content (AvgIpc) is 2.15. The van der Waals surface area contributed by atoms with Gasteiger partial charge >= 0.3 is 0 Å². The Morgan fingerprint density at radius 2 is 2.08 bits per heavy atom. The Balaban J connectivity index is 2.96. The molecule has 12 heavy (non-hydrogen) atoms. The zero-order valence-electron chi connectivity index (χ0n) is 6.66. The van der Waals surface area contributed by atoms with Gasteiger partial charge in [0.25, 0.3) is 0 Å². The molecule has 0 unspecified atom stereocenters. The quantitative estimate of drug-likeness (QED) is 0.583. The van der Waals surface area contributed by atoms with E-state index in [9.17, 15) is 0 Å². The molecule has 1 aromatic rings. The molecule has 0 aliphatic rings. The van der Waals surface area contributed by atoms with Gasteiger partial charge in [0.05, 0.1) is 5.56 Å². The van der Waals surface area contributed by atoms with Crippen molar-refractivity contribution in [2.45, 2.75) is 6.92 Å². The molecule has 0 amide bonds. The maximum absolute atomic E-state index is 8.64. The molecule has 2 nitrogen and oxygen atoms in total. The number of para-hydroxylation sites is 1. The number of hydrogen-bond acceptors (Lipinski definition) is 2. The monoisotopic (exact) mass is 157 g/mol. The molecule has 0 aromatic heterocycles. The van der Waals surface area contributed by atoms with Crippen LogP contribution in [-0.4, -0.2) is 0 Å². The molecule has 1 rings (SSSR count). The van der Waals surface area contributed by atoms with Gasteiger partial charge in [0.15, 0.2) is 5.75 Å². The van der Waals surface area contributed by atoms with Crippen molar-refractivity contribution >= 4 is 0 Å². The minimum Gasteiger partial charge on any atom is -0.406 e. The molecular formula is C10H7NO. The lowest BCUT2D eigenvalue weighted by Gasteiger charge is -1.97. The Morgan fingerprint density at radius 3 is 2.75 bits per heavy atom. The maximum atomic E-state index is 8.64. The first-order chi connectivity index (χ1) is 5.88. The van der Waals surface area contributed by atoms with Gasteiger partial charge in [-0.3, -0.25) is 0 Å². The van der Waals surface area contributed by atoms with Crippen molar-refractivity contribution in [1.29, 1.82) is 5.26 Å². The topological polar surface area (TPSA) is 33.0 Å². The number of benzene rings is 1. The summed E-state index contributed by atoms with van der Waals surface area (Å²) in [7, 11) is 0. The molecule has 0 aliphatic heterocycles. The lowest BCUT2D eigenvalue weighted by molar-refractivity contribution is 0.517. The van der Waals surface area contributed by atoms with Crippen molar-refractivity contribution in [2.75, 3.05) is 0 Å². The van der Waals surface area contributed by atoms with Gasteiger partial charge in [-0.1, -0.05) is 18.1 Å². The van der Waals surface area contributed by atoms with Crippen LogP contribution in [0.3, 0.4) is 0 Å². The van der Waals surface area contributed by atoms with Crippen LogP contribution in [0.2, 0.25) is 0 Å². The highest BCUT2D eigenvalue weighted by atomic mass is 16.5. The van der Waals surface area contributed by atoms with Crippen molar-refractivity contribution in [3.63, 3.8) is 0 Å². The number of rotatable bonds is 1. The largest absolute Gasteiger partial charge is 0.406 e. The van der Waals surface area contributed by atoms with Crippen LogP contribution in [0.1, 0.15) is 12.5 Å². The molecule has 58 valence electrons. The summed E-state index contributed by atoms with van der Waals surface area (Å²) in [6.45, 7) is 1.68. The van der Waals surface area contributed by atoms with Gasteiger partial charge in [0, 0.05) is 6.92 Å². The van der Waals surface area contributed by atoms with Crippen LogP contribution in [0.4, 0.5) is 0 Å². The summed E-state index contributed by atoms with van der Waals surface area (Å²) in [6.07, 6.45) is 2.44. The normalized spacial score (nSPS) is 7.67. The van der Waals surface area contributed by atoms with Gasteiger partial charge in [-0.05, 0) is 12.1 Å². The van der Waals surface area contributed by atoms with E-state index in [-0.39, 0.29) is 0 Å². The molecule has 0 fully saturated rings. The fourth-order valence-electron chi connectivity index (χ4n) is 0.754. The molecule has 0 bridgehead atoms. The number of hydrogen-bond donors (Lipinski definition) is 0. The van der Waals surface area contributed by atoms with Crippen LogP contribution in [0.25, 0.3) is 0 Å². The summed E-state index contributed by atoms with van der Waals surface area (Å²) in [5, 5.41) is 8.64. The fraction of sp³-hybridized carbons (Fsp3) is 0.100. The molecule has 1 aromatic carbocycles. The highest BCUT2D eigenvalue weighted by Crippen LogP contribution is 2.15. The Morgan fingerprint density at radius 1 is 1.33 bits per heavy atom. The molecule has 0 atom stereocenters. The summed E-state index contributed by atoms with van der Waals surface area (Å²) >= 11 is 0. The standard InChI is InChI=1S/C10H7NO/c1-2-7-12-10-6-4-3-5-9(10)8-11/h3-6H,1H3. The van der Waals surface area contributed by atoms with Gasteiger partial charge in [-0.25, -0.2) is 0 Å². The predicted octanol–water partition coefficient (Wildman–Crippen LogP) is 1.92. The molecular weight excluding hydrogens is 150 g/mol. The lowest BCUT2D eigenvalue weighted by atomic mass is 10.2. The number of nitriles is 1. The van der Waals surface area contributed by atoms with Crippen molar-refractivity contribution in [3.8, 4) is 23.8 Å². The van der Waals surface area contributed by atoms with Gasteiger partial charge in [-0.2, -0.15) is 5.26 Å². The maximum Gasteiger partial charge on any atom is 0.157 e. The molecule has 0 N–H and O–H groups in total. The zero-order valence-corrected chi connectivity index (χ0v) is 6.66. The van der Waals surface area contributed by atoms with E-state index in [1.165, 1.54) is 0 Å². The molecule has 0 saturated carbocycles. The number of ether oxygens (including phenoxy) is 1. The predicted molar refractivity (Wildman–Crippen MR) is 45.2 cm³/mol. The van der Waals surface area contributed by atoms with Crippen molar-refractivity contribution in [2.24, 2.45) is 0 Å². The van der Waals surface area contributed by atoms with Crippen LogP contribution in [-0.2, 0) is 0 Å². The summed E-state index contributed by atoms with van der Waals surface area (Å²) in [6, 6.07) is 8.99. The van der Waals surface area contributed by atoms with Crippen LogP contribution in [0.15, 0.2) is 24.3 Å². The summed E-state index contributed by atoms with van der Waals surface area (Å²) in [4.78, 5) is 0. The average molecular weight is 157 g/mol. The molecule has 0 spiro atoms. The van der Waals surface area contributed by atoms with E-state index in [1.807, 2.05) is 6.07 Å². The summed E-state index contributed by atoms with van der Waals surface area (Å²) in [5.74, 6) is 3.09. The molecule has 2 heteroatoms. The summed E-state index contributed by atoms with van der Waals surface area (Å²) < 4.78 is 4.99. The smallest absolute Gasteiger partial charge is 0.157 e. The van der Waals surface area contributed by atoms with E-state index in [0.29, 0.717) is 11.3 Å². The lowest BCUT2D eigenvalue weighted by Crippen LogP contribution is -1.85. The Bertz CT molecular complexity index is 365. The van der Waals surface area contributed by atoms with Crippen molar-refractivity contribution in [1.82, 2.24) is 0 Å². The Kier molecular flexibility index (Phi) is 2.76. The summed E-state index contributed by atoms with van der Waals surface area (Å²) in [5.41, 5.74) is 0.500. The molecule has 0 saturated heterocycles. The Hall–Kier alpha value is -1.93. The highest BCUT2D eigenvalue weighted by molar-refractivity contribution is 5.43. The van der Waals surface area contributed by atoms with Crippen LogP contribution < -0.4 is 4.74 Å². The van der Waals surface area contributed by atoms with E-state index < -0.39 is 0 Å². The molecule has 0 aliphatic carbocycles. The Labute approximate surface area is 71.4 Å². The van der Waals surface area contributed by atoms with Crippen molar-refractivity contribution < 1.29 is 4.74 Å². The third-order valence-electron chi connectivity index (χ3n) is 1.27. The first-order valence-electron chi connectivity index (χ1n) is 3.46. The van der Waals surface area contributed by atoms with Crippen LogP contribution >= 0.6 is 0 Å². The molecule has 0 radical (unpaired) electrons. The third kappa shape index (κ3) is 1.78. The first-order valence-corrected chi connectivity index (χ1v) is 3.46. The SMILES string of the molecule is CC#COc1ccccc1C#N. The van der Waals surface area contributed by atoms with Gasteiger partial charge in [0.1, 0.15) is 12.2 Å². The zero-order chi connectivity index (χ0) is 8.81. The van der Waals surface area contributed by atoms with Gasteiger partial charge in [-0.15, -0.1) is 0 Å². The first kappa shape index (κ1) is 8.17. The van der Waals surface area contributed by atoms with E-state index >= 15 is 0 Å². The second-order valence-corrected chi connectivity index (χ2v) is 2.06. The van der Waals surface area contributed by atoms with E-state index in [4.69, 9.17) is 10.00 Å². The highest BCUT2D eigenvalue weighted by Gasteiger charge is 1.98. The van der Waals surface area contributed by atoms with E-state index in [1.54, 1.807) is 31.2 Å². The number of nitrogens with zero attached hydrogens (tertiary/aromatic N) is 1. The van der Waals surface area contributed by atoms with Crippen LogP contribution in [0.5, 0.6) is 5.75 Å². The van der Waals surface area contributed by atoms with Gasteiger partial charge in [0.2, 0.25) is 0 Å². The fourth-order valence-corrected chi connectivity index (χ4v) is 0.754. The second kappa shape index (κ2) is 4.05. The van der Waals surface area contributed by atoms with Gasteiger partial charge < -0.3 is 4.74 Å². The van der Waals surface area contributed by atoms with Crippen LogP contribution in [0, 0.1) is 23.4 Å². The third-order valence-corrected chi connectivity index (χ3v) is 1.27. The minimum atomic E-state index is 0.500. The van der Waals surface area contributed by atoms with Crippen molar-refractivity contribution in [3.05, 3.63) is 29.8 Å². The van der Waals surface area contributed by atoms with E-state index in [2.05, 4.69) is 12.0 Å². The second-order valence-electron chi connectivity index (χ2n) is 2.06. The molecule has 0 heterocycles. The minimum absolute atomic E-state index is 0.500. The van der Waals surface area contributed by atoms with E-state index in [0.717, 1.165) is 0 Å².